The number of hydrogen-bond acceptors (Lipinski definition) is 3. The average molecular weight is 240 g/mol. The Labute approximate surface area is 106 Å². The molecule has 0 spiro atoms. The van der Waals surface area contributed by atoms with Crippen molar-refractivity contribution in [2.24, 2.45) is 11.7 Å². The minimum absolute atomic E-state index is 0.830. The van der Waals surface area contributed by atoms with Gasteiger partial charge in [0.25, 0.3) is 0 Å². The van der Waals surface area contributed by atoms with Crippen LogP contribution in [-0.2, 0) is 4.74 Å². The molecule has 1 saturated heterocycles. The molecule has 17 heavy (non-hydrogen) atoms. The van der Waals surface area contributed by atoms with E-state index < -0.39 is 0 Å². The molecule has 1 heterocycles. The third-order valence-corrected chi connectivity index (χ3v) is 4.32. The van der Waals surface area contributed by atoms with Gasteiger partial charge >= 0.3 is 0 Å². The zero-order valence-corrected chi connectivity index (χ0v) is 11.1. The van der Waals surface area contributed by atoms with E-state index in [2.05, 4.69) is 4.90 Å². The number of hydrogen-bond donors (Lipinski definition) is 1. The van der Waals surface area contributed by atoms with E-state index in [0.717, 1.165) is 38.1 Å². The van der Waals surface area contributed by atoms with Crippen molar-refractivity contribution >= 4 is 0 Å². The summed E-state index contributed by atoms with van der Waals surface area (Å²) in [5.41, 5.74) is 5.66. The Morgan fingerprint density at radius 1 is 1.06 bits per heavy atom. The molecule has 0 aromatic heterocycles. The van der Waals surface area contributed by atoms with Crippen molar-refractivity contribution in [2.45, 2.75) is 51.0 Å². The summed E-state index contributed by atoms with van der Waals surface area (Å²) in [4.78, 5) is 2.73. The van der Waals surface area contributed by atoms with Crippen molar-refractivity contribution in [1.82, 2.24) is 4.90 Å². The van der Waals surface area contributed by atoms with E-state index in [1.54, 1.807) is 0 Å². The van der Waals surface area contributed by atoms with Gasteiger partial charge in [-0.05, 0) is 51.1 Å². The molecule has 1 saturated carbocycles. The smallest absolute Gasteiger partial charge is 0.0469 e. The molecule has 1 aliphatic carbocycles. The summed E-state index contributed by atoms with van der Waals surface area (Å²) in [7, 11) is 0. The first-order valence-electron chi connectivity index (χ1n) is 7.42. The Bertz CT molecular complexity index is 198. The summed E-state index contributed by atoms with van der Waals surface area (Å²) < 4.78 is 5.45. The molecule has 1 aliphatic heterocycles. The van der Waals surface area contributed by atoms with Gasteiger partial charge < -0.3 is 15.4 Å². The first-order chi connectivity index (χ1) is 8.40. The third kappa shape index (κ3) is 4.23. The minimum atomic E-state index is 0.830. The molecule has 0 unspecified atom stereocenters. The van der Waals surface area contributed by atoms with Gasteiger partial charge in [0.05, 0.1) is 0 Å². The van der Waals surface area contributed by atoms with Crippen LogP contribution >= 0.6 is 0 Å². The van der Waals surface area contributed by atoms with E-state index in [4.69, 9.17) is 10.5 Å². The predicted octanol–water partition coefficient (Wildman–Crippen LogP) is 2.01. The molecule has 100 valence electrons. The fourth-order valence-corrected chi connectivity index (χ4v) is 3.25. The first-order valence-corrected chi connectivity index (χ1v) is 7.42. The van der Waals surface area contributed by atoms with Crippen LogP contribution in [0.4, 0.5) is 0 Å². The number of nitrogens with zero attached hydrogens (tertiary/aromatic N) is 1. The molecular weight excluding hydrogens is 212 g/mol. The van der Waals surface area contributed by atoms with Crippen LogP contribution in [-0.4, -0.2) is 43.8 Å². The second kappa shape index (κ2) is 7.34. The van der Waals surface area contributed by atoms with E-state index in [9.17, 15) is 0 Å². The van der Waals surface area contributed by atoms with Gasteiger partial charge in [-0.15, -0.1) is 0 Å². The molecule has 0 atom stereocenters. The molecule has 0 aromatic rings. The normalized spacial score (nSPS) is 23.6. The van der Waals surface area contributed by atoms with Gasteiger partial charge in [0.1, 0.15) is 0 Å². The van der Waals surface area contributed by atoms with E-state index >= 15 is 0 Å². The Balaban J connectivity index is 1.80. The van der Waals surface area contributed by atoms with E-state index in [-0.39, 0.29) is 0 Å². The van der Waals surface area contributed by atoms with Gasteiger partial charge in [-0.25, -0.2) is 0 Å². The van der Waals surface area contributed by atoms with Crippen molar-refractivity contribution < 1.29 is 4.74 Å². The lowest BCUT2D eigenvalue weighted by Crippen LogP contribution is -2.40. The molecule has 2 aliphatic rings. The molecule has 0 bridgehead atoms. The molecule has 2 N–H and O–H groups in total. The highest BCUT2D eigenvalue weighted by molar-refractivity contribution is 4.80. The zero-order chi connectivity index (χ0) is 11.9. The van der Waals surface area contributed by atoms with Crippen molar-refractivity contribution in [3.05, 3.63) is 0 Å². The van der Waals surface area contributed by atoms with Crippen molar-refractivity contribution in [3.8, 4) is 0 Å². The summed E-state index contributed by atoms with van der Waals surface area (Å²) in [6, 6.07) is 0.851. The quantitative estimate of drug-likeness (QED) is 0.772. The Kier molecular flexibility index (Phi) is 5.75. The monoisotopic (exact) mass is 240 g/mol. The Hall–Kier alpha value is -0.120. The molecule has 3 heteroatoms. The van der Waals surface area contributed by atoms with Crippen LogP contribution in [0.3, 0.4) is 0 Å². The predicted molar refractivity (Wildman–Crippen MR) is 71.0 cm³/mol. The van der Waals surface area contributed by atoms with Gasteiger partial charge in [-0.2, -0.15) is 0 Å². The van der Waals surface area contributed by atoms with Gasteiger partial charge in [0, 0.05) is 25.8 Å². The third-order valence-electron chi connectivity index (χ3n) is 4.32. The maximum Gasteiger partial charge on any atom is 0.0469 e. The zero-order valence-electron chi connectivity index (χ0n) is 11.1. The SMILES string of the molecule is NCCCN(CC1CCOCC1)C1CCCC1. The van der Waals surface area contributed by atoms with Crippen LogP contribution in [0.2, 0.25) is 0 Å². The number of ether oxygens (including phenoxy) is 1. The van der Waals surface area contributed by atoms with E-state index in [0.29, 0.717) is 0 Å². The molecule has 2 rings (SSSR count). The highest BCUT2D eigenvalue weighted by Crippen LogP contribution is 2.26. The topological polar surface area (TPSA) is 38.5 Å². The highest BCUT2D eigenvalue weighted by Gasteiger charge is 2.25. The maximum absolute atomic E-state index is 5.66. The standard InChI is InChI=1S/C14H28N2O/c15-8-3-9-16(14-4-1-2-5-14)12-13-6-10-17-11-7-13/h13-14H,1-12,15H2. The van der Waals surface area contributed by atoms with E-state index in [1.165, 1.54) is 51.6 Å². The summed E-state index contributed by atoms with van der Waals surface area (Å²) in [6.45, 7) is 5.27. The molecule has 0 amide bonds. The lowest BCUT2D eigenvalue weighted by Gasteiger charge is -2.33. The van der Waals surface area contributed by atoms with Crippen molar-refractivity contribution in [2.75, 3.05) is 32.8 Å². The van der Waals surface area contributed by atoms with Gasteiger partial charge in [0.15, 0.2) is 0 Å². The largest absolute Gasteiger partial charge is 0.381 e. The number of nitrogens with two attached hydrogens (primary N) is 1. The van der Waals surface area contributed by atoms with Crippen molar-refractivity contribution in [1.29, 1.82) is 0 Å². The van der Waals surface area contributed by atoms with Crippen LogP contribution in [0, 0.1) is 5.92 Å². The summed E-state index contributed by atoms with van der Waals surface area (Å²) in [5, 5.41) is 0. The van der Waals surface area contributed by atoms with E-state index in [1.807, 2.05) is 0 Å². The van der Waals surface area contributed by atoms with Crippen LogP contribution in [0.15, 0.2) is 0 Å². The van der Waals surface area contributed by atoms with Crippen LogP contribution in [0.25, 0.3) is 0 Å². The fraction of sp³-hybridized carbons (Fsp3) is 1.00. The Morgan fingerprint density at radius 2 is 1.76 bits per heavy atom. The number of rotatable bonds is 6. The maximum atomic E-state index is 5.66. The second-order valence-corrected chi connectivity index (χ2v) is 5.63. The average Bonchev–Trinajstić information content (AvgIpc) is 2.89. The first kappa shape index (κ1) is 13.3. The van der Waals surface area contributed by atoms with Crippen LogP contribution < -0.4 is 5.73 Å². The molecule has 2 fully saturated rings. The van der Waals surface area contributed by atoms with Crippen molar-refractivity contribution in [3.63, 3.8) is 0 Å². The van der Waals surface area contributed by atoms with Gasteiger partial charge in [-0.1, -0.05) is 12.8 Å². The van der Waals surface area contributed by atoms with Crippen LogP contribution in [0.1, 0.15) is 44.9 Å². The molecule has 0 aromatic carbocycles. The Morgan fingerprint density at radius 3 is 2.41 bits per heavy atom. The summed E-state index contributed by atoms with van der Waals surface area (Å²) in [6.07, 6.45) is 9.34. The fourth-order valence-electron chi connectivity index (χ4n) is 3.25. The molecule has 3 nitrogen and oxygen atoms in total. The van der Waals surface area contributed by atoms with Crippen LogP contribution in [0.5, 0.6) is 0 Å². The van der Waals surface area contributed by atoms with Gasteiger partial charge in [-0.3, -0.25) is 0 Å². The lowest BCUT2D eigenvalue weighted by atomic mass is 9.98. The second-order valence-electron chi connectivity index (χ2n) is 5.63. The summed E-state index contributed by atoms with van der Waals surface area (Å²) >= 11 is 0. The van der Waals surface area contributed by atoms with Gasteiger partial charge in [0.2, 0.25) is 0 Å². The highest BCUT2D eigenvalue weighted by atomic mass is 16.5. The minimum Gasteiger partial charge on any atom is -0.381 e. The summed E-state index contributed by atoms with van der Waals surface area (Å²) in [5.74, 6) is 0.863. The lowest BCUT2D eigenvalue weighted by molar-refractivity contribution is 0.0454. The molecular formula is C14H28N2O. The molecule has 0 radical (unpaired) electrons.